The number of likely N-dealkylation sites (N-methyl/N-ethyl adjacent to an activating group) is 1. The van der Waals surface area contributed by atoms with Gasteiger partial charge in [-0.05, 0) is 23.3 Å². The summed E-state index contributed by atoms with van der Waals surface area (Å²) in [5.74, 6) is -0.855. The molecule has 2 N–H and O–H groups in total. The molecule has 0 saturated carbocycles. The third kappa shape index (κ3) is 3.43. The van der Waals surface area contributed by atoms with E-state index in [1.54, 1.807) is 24.7 Å². The maximum absolute atomic E-state index is 12.7. The molecule has 0 radical (unpaired) electrons. The number of nitrogens with one attached hydrogen (secondary N) is 1. The van der Waals surface area contributed by atoms with Crippen LogP contribution in [-0.2, 0) is 17.8 Å². The summed E-state index contributed by atoms with van der Waals surface area (Å²) >= 11 is 0. The van der Waals surface area contributed by atoms with Gasteiger partial charge in [0.05, 0.1) is 6.54 Å². The lowest BCUT2D eigenvalue weighted by Crippen LogP contribution is -2.33. The molecule has 2 aromatic carbocycles. The second kappa shape index (κ2) is 7.37. The fraction of sp³-hybridized carbons (Fsp3) is 0.211. The number of hydroxylamine groups is 1. The Morgan fingerprint density at radius 3 is 2.31 bits per heavy atom. The van der Waals surface area contributed by atoms with Gasteiger partial charge in [-0.3, -0.25) is 19.7 Å². The molecular weight excluding hydrogens is 334 g/mol. The van der Waals surface area contributed by atoms with Crippen molar-refractivity contribution in [2.75, 3.05) is 7.05 Å². The molecule has 26 heavy (non-hydrogen) atoms. The van der Waals surface area contributed by atoms with Crippen LogP contribution < -0.4 is 5.48 Å². The molecule has 1 heterocycles. The molecule has 0 aromatic heterocycles. The van der Waals surface area contributed by atoms with Crippen molar-refractivity contribution in [3.05, 3.63) is 71.3 Å². The van der Waals surface area contributed by atoms with E-state index < -0.39 is 11.9 Å². The fourth-order valence-electron chi connectivity index (χ4n) is 2.98. The molecule has 7 nitrogen and oxygen atoms in total. The van der Waals surface area contributed by atoms with Crippen LogP contribution in [0.15, 0.2) is 54.6 Å². The van der Waals surface area contributed by atoms with Gasteiger partial charge in [0.15, 0.2) is 0 Å². The number of rotatable bonds is 5. The molecule has 1 saturated heterocycles. The molecule has 3 rings (SSSR count). The van der Waals surface area contributed by atoms with Crippen molar-refractivity contribution in [3.63, 3.8) is 0 Å². The lowest BCUT2D eigenvalue weighted by atomic mass is 10.1. The lowest BCUT2D eigenvalue weighted by molar-refractivity contribution is -0.128. The minimum Gasteiger partial charge on any atom is -0.315 e. The quantitative estimate of drug-likeness (QED) is 0.487. The highest BCUT2D eigenvalue weighted by Gasteiger charge is 2.42. The topological polar surface area (TPSA) is 90.0 Å². The van der Waals surface area contributed by atoms with Gasteiger partial charge in [-0.1, -0.05) is 42.5 Å². The van der Waals surface area contributed by atoms with Gasteiger partial charge in [0.2, 0.25) is 0 Å². The zero-order chi connectivity index (χ0) is 18.7. The summed E-state index contributed by atoms with van der Waals surface area (Å²) in [6.07, 6.45) is 0.466. The molecule has 0 bridgehead atoms. The SMILES string of the molecule is CN1C(=O)N(Cc2ccc(C(=O)NO)cc2)C(=O)C1Cc1ccccc1. The zero-order valence-corrected chi connectivity index (χ0v) is 14.3. The molecule has 1 aliphatic heterocycles. The first-order valence-corrected chi connectivity index (χ1v) is 8.16. The Hall–Kier alpha value is -3.19. The molecule has 1 aliphatic rings. The first-order chi connectivity index (χ1) is 12.5. The minimum absolute atomic E-state index is 0.133. The monoisotopic (exact) mass is 353 g/mol. The third-order valence-corrected chi connectivity index (χ3v) is 4.48. The smallest absolute Gasteiger partial charge is 0.315 e. The second-order valence-electron chi connectivity index (χ2n) is 6.16. The molecule has 7 heteroatoms. The Labute approximate surface area is 150 Å². The van der Waals surface area contributed by atoms with Gasteiger partial charge in [0.25, 0.3) is 11.8 Å². The van der Waals surface area contributed by atoms with E-state index in [0.717, 1.165) is 11.1 Å². The number of hydrogen-bond acceptors (Lipinski definition) is 4. The largest absolute Gasteiger partial charge is 0.327 e. The van der Waals surface area contributed by atoms with Crippen LogP contribution in [0.3, 0.4) is 0 Å². The number of hydrogen-bond donors (Lipinski definition) is 2. The van der Waals surface area contributed by atoms with Crippen molar-refractivity contribution in [1.82, 2.24) is 15.3 Å². The van der Waals surface area contributed by atoms with Crippen LogP contribution in [0.4, 0.5) is 4.79 Å². The van der Waals surface area contributed by atoms with Crippen molar-refractivity contribution < 1.29 is 19.6 Å². The highest BCUT2D eigenvalue weighted by molar-refractivity contribution is 6.04. The zero-order valence-electron chi connectivity index (χ0n) is 14.3. The lowest BCUT2D eigenvalue weighted by Gasteiger charge is -2.15. The summed E-state index contributed by atoms with van der Waals surface area (Å²) in [6.45, 7) is 0.133. The van der Waals surface area contributed by atoms with Crippen LogP contribution in [0, 0.1) is 0 Å². The number of imide groups is 1. The van der Waals surface area contributed by atoms with Gasteiger partial charge < -0.3 is 4.90 Å². The van der Waals surface area contributed by atoms with Gasteiger partial charge in [0.1, 0.15) is 6.04 Å². The van der Waals surface area contributed by atoms with Crippen LogP contribution in [0.5, 0.6) is 0 Å². The summed E-state index contributed by atoms with van der Waals surface area (Å²) in [6, 6.07) is 15.0. The van der Waals surface area contributed by atoms with E-state index in [9.17, 15) is 14.4 Å². The first-order valence-electron chi connectivity index (χ1n) is 8.16. The molecular formula is C19H19N3O4. The van der Waals surface area contributed by atoms with Crippen LogP contribution in [0.1, 0.15) is 21.5 Å². The molecule has 0 aliphatic carbocycles. The molecule has 1 fully saturated rings. The number of urea groups is 1. The third-order valence-electron chi connectivity index (χ3n) is 4.48. The Balaban J connectivity index is 1.73. The Kier molecular flexibility index (Phi) is 4.99. The van der Waals surface area contributed by atoms with Gasteiger partial charge in [-0.15, -0.1) is 0 Å². The molecule has 1 atom stereocenters. The number of nitrogens with zero attached hydrogens (tertiary/aromatic N) is 2. The van der Waals surface area contributed by atoms with E-state index >= 15 is 0 Å². The predicted octanol–water partition coefficient (Wildman–Crippen LogP) is 1.81. The summed E-state index contributed by atoms with van der Waals surface area (Å²) < 4.78 is 0. The second-order valence-corrected chi connectivity index (χ2v) is 6.16. The Morgan fingerprint density at radius 2 is 1.69 bits per heavy atom. The number of amides is 4. The summed E-state index contributed by atoms with van der Waals surface area (Å²) in [4.78, 5) is 39.2. The molecule has 4 amide bonds. The molecule has 134 valence electrons. The summed E-state index contributed by atoms with van der Waals surface area (Å²) in [5, 5.41) is 8.63. The maximum Gasteiger partial charge on any atom is 0.327 e. The standard InChI is InChI=1S/C19H19N3O4/c1-21-16(11-13-5-3-2-4-6-13)18(24)22(19(21)25)12-14-7-9-15(10-8-14)17(23)20-26/h2-10,16,26H,11-12H2,1H3,(H,20,23). The van der Waals surface area contributed by atoms with Gasteiger partial charge >= 0.3 is 6.03 Å². The highest BCUT2D eigenvalue weighted by atomic mass is 16.5. The van der Waals surface area contributed by atoms with Crippen LogP contribution in [0.2, 0.25) is 0 Å². The van der Waals surface area contributed by atoms with E-state index in [1.807, 2.05) is 30.3 Å². The summed E-state index contributed by atoms with van der Waals surface area (Å²) in [7, 11) is 1.63. The average molecular weight is 353 g/mol. The normalized spacial score (nSPS) is 16.9. The summed E-state index contributed by atoms with van der Waals surface area (Å²) in [5.41, 5.74) is 3.55. The maximum atomic E-state index is 12.7. The molecule has 0 spiro atoms. The number of carbonyl (C=O) groups excluding carboxylic acids is 3. The van der Waals surface area contributed by atoms with Gasteiger partial charge in [-0.2, -0.15) is 0 Å². The molecule has 2 aromatic rings. The van der Waals surface area contributed by atoms with E-state index in [4.69, 9.17) is 5.21 Å². The average Bonchev–Trinajstić information content (AvgIpc) is 2.87. The van der Waals surface area contributed by atoms with Crippen LogP contribution >= 0.6 is 0 Å². The number of carbonyl (C=O) groups is 3. The van der Waals surface area contributed by atoms with E-state index in [1.165, 1.54) is 21.9 Å². The predicted molar refractivity (Wildman–Crippen MR) is 93.3 cm³/mol. The van der Waals surface area contributed by atoms with Crippen molar-refractivity contribution in [3.8, 4) is 0 Å². The van der Waals surface area contributed by atoms with Crippen LogP contribution in [-0.4, -0.2) is 45.9 Å². The van der Waals surface area contributed by atoms with Crippen LogP contribution in [0.25, 0.3) is 0 Å². The van der Waals surface area contributed by atoms with Gasteiger partial charge in [-0.25, -0.2) is 10.3 Å². The van der Waals surface area contributed by atoms with Crippen molar-refractivity contribution in [1.29, 1.82) is 0 Å². The van der Waals surface area contributed by atoms with E-state index in [2.05, 4.69) is 0 Å². The minimum atomic E-state index is -0.618. The molecule has 1 unspecified atom stereocenters. The van der Waals surface area contributed by atoms with Crippen molar-refractivity contribution in [2.24, 2.45) is 0 Å². The van der Waals surface area contributed by atoms with Gasteiger partial charge in [0, 0.05) is 19.0 Å². The first kappa shape index (κ1) is 17.6. The Bertz CT molecular complexity index is 820. The van der Waals surface area contributed by atoms with E-state index in [-0.39, 0.29) is 24.0 Å². The Morgan fingerprint density at radius 1 is 1.04 bits per heavy atom. The fourth-order valence-corrected chi connectivity index (χ4v) is 2.98. The number of benzene rings is 2. The highest BCUT2D eigenvalue weighted by Crippen LogP contribution is 2.22. The van der Waals surface area contributed by atoms with Crippen molar-refractivity contribution in [2.45, 2.75) is 19.0 Å². The van der Waals surface area contributed by atoms with Crippen molar-refractivity contribution >= 4 is 17.8 Å². The van der Waals surface area contributed by atoms with E-state index in [0.29, 0.717) is 6.42 Å².